The molecule has 4 rings (SSSR count). The lowest BCUT2D eigenvalue weighted by Gasteiger charge is -2.15. The summed E-state index contributed by atoms with van der Waals surface area (Å²) in [7, 11) is 1.65. The van der Waals surface area contributed by atoms with E-state index in [0.717, 1.165) is 60.9 Å². The number of nitrogens with one attached hydrogen (secondary N) is 1. The number of furan rings is 1. The van der Waals surface area contributed by atoms with Crippen molar-refractivity contribution in [1.82, 2.24) is 0 Å². The van der Waals surface area contributed by atoms with E-state index in [4.69, 9.17) is 13.9 Å². The Morgan fingerprint density at radius 1 is 1.11 bits per heavy atom. The standard InChI is InChI=1S/C29H29NO4S/c1-6-33-28-19(3)29-25(26(17-34-29)20-7-11-22(32-4)12-8-20)16-24(28)18(2)15-27(31)30-21-9-13-23(35-5)14-10-21/h7-17H,6H2,1-5H3,(H,30,31)/b18-15+. The van der Waals surface area contributed by atoms with Crippen molar-refractivity contribution in [3.05, 3.63) is 78.1 Å². The predicted molar refractivity (Wildman–Crippen MR) is 145 cm³/mol. The molecule has 0 fully saturated rings. The first-order valence-corrected chi connectivity index (χ1v) is 12.6. The molecule has 0 radical (unpaired) electrons. The van der Waals surface area contributed by atoms with Crippen molar-refractivity contribution in [3.63, 3.8) is 0 Å². The van der Waals surface area contributed by atoms with E-state index < -0.39 is 0 Å². The molecule has 1 amide bonds. The number of rotatable bonds is 8. The molecule has 0 atom stereocenters. The lowest BCUT2D eigenvalue weighted by Crippen LogP contribution is -2.09. The van der Waals surface area contributed by atoms with E-state index in [1.165, 1.54) is 0 Å². The van der Waals surface area contributed by atoms with Gasteiger partial charge in [0.1, 0.15) is 17.1 Å². The Labute approximate surface area is 210 Å². The van der Waals surface area contributed by atoms with Gasteiger partial charge in [0.2, 0.25) is 5.91 Å². The number of thioether (sulfide) groups is 1. The summed E-state index contributed by atoms with van der Waals surface area (Å²) in [6.07, 6.45) is 5.40. The van der Waals surface area contributed by atoms with E-state index in [-0.39, 0.29) is 5.91 Å². The van der Waals surface area contributed by atoms with Crippen LogP contribution in [-0.2, 0) is 4.79 Å². The summed E-state index contributed by atoms with van der Waals surface area (Å²) in [4.78, 5) is 13.9. The van der Waals surface area contributed by atoms with Crippen LogP contribution in [0.4, 0.5) is 5.69 Å². The summed E-state index contributed by atoms with van der Waals surface area (Å²) in [5.41, 5.74) is 6.09. The van der Waals surface area contributed by atoms with Crippen molar-refractivity contribution in [2.24, 2.45) is 0 Å². The van der Waals surface area contributed by atoms with E-state index in [2.05, 4.69) is 5.32 Å². The lowest BCUT2D eigenvalue weighted by atomic mass is 9.96. The van der Waals surface area contributed by atoms with Gasteiger partial charge in [0.25, 0.3) is 0 Å². The second-order valence-electron chi connectivity index (χ2n) is 8.11. The van der Waals surface area contributed by atoms with E-state index in [1.54, 1.807) is 31.2 Å². The molecule has 0 bridgehead atoms. The van der Waals surface area contributed by atoms with Crippen LogP contribution in [0, 0.1) is 6.92 Å². The van der Waals surface area contributed by atoms with Crippen LogP contribution in [0.1, 0.15) is 25.0 Å². The van der Waals surface area contributed by atoms with Gasteiger partial charge in [-0.3, -0.25) is 4.79 Å². The molecule has 3 aromatic carbocycles. The Hall–Kier alpha value is -3.64. The lowest BCUT2D eigenvalue weighted by molar-refractivity contribution is -0.111. The van der Waals surface area contributed by atoms with Crippen molar-refractivity contribution in [3.8, 4) is 22.6 Å². The van der Waals surface area contributed by atoms with Crippen molar-refractivity contribution >= 4 is 39.9 Å². The second-order valence-corrected chi connectivity index (χ2v) is 8.99. The molecule has 1 aromatic heterocycles. The van der Waals surface area contributed by atoms with Crippen LogP contribution in [0.15, 0.2) is 76.2 Å². The van der Waals surface area contributed by atoms with Gasteiger partial charge in [-0.15, -0.1) is 11.8 Å². The number of allylic oxidation sites excluding steroid dienone is 1. The van der Waals surface area contributed by atoms with Crippen molar-refractivity contribution in [2.45, 2.75) is 25.7 Å². The number of ether oxygens (including phenoxy) is 2. The Kier molecular flexibility index (Phi) is 7.51. The molecule has 5 nitrogen and oxygen atoms in total. The molecule has 1 N–H and O–H groups in total. The summed E-state index contributed by atoms with van der Waals surface area (Å²) < 4.78 is 17.3. The van der Waals surface area contributed by atoms with Crippen molar-refractivity contribution in [2.75, 3.05) is 25.3 Å². The van der Waals surface area contributed by atoms with Gasteiger partial charge >= 0.3 is 0 Å². The number of carbonyl (C=O) groups excluding carboxylic acids is 1. The number of fused-ring (bicyclic) bond motifs is 1. The molecular formula is C29H29NO4S. The highest BCUT2D eigenvalue weighted by Gasteiger charge is 2.19. The van der Waals surface area contributed by atoms with Crippen LogP contribution in [-0.4, -0.2) is 25.9 Å². The van der Waals surface area contributed by atoms with Crippen LogP contribution in [0.5, 0.6) is 11.5 Å². The molecule has 0 saturated carbocycles. The van der Waals surface area contributed by atoms with Crippen LogP contribution in [0.3, 0.4) is 0 Å². The largest absolute Gasteiger partial charge is 0.497 e. The maximum absolute atomic E-state index is 12.8. The summed E-state index contributed by atoms with van der Waals surface area (Å²) in [5, 5.41) is 3.91. The summed E-state index contributed by atoms with van der Waals surface area (Å²) >= 11 is 1.66. The highest BCUT2D eigenvalue weighted by Crippen LogP contribution is 2.41. The minimum atomic E-state index is -0.192. The zero-order chi connectivity index (χ0) is 24.9. The van der Waals surface area contributed by atoms with Crippen LogP contribution >= 0.6 is 11.8 Å². The van der Waals surface area contributed by atoms with Crippen LogP contribution < -0.4 is 14.8 Å². The molecule has 0 aliphatic rings. The molecule has 6 heteroatoms. The fraction of sp³-hybridized carbons (Fsp3) is 0.207. The Morgan fingerprint density at radius 2 is 1.83 bits per heavy atom. The van der Waals surface area contributed by atoms with Gasteiger partial charge in [0, 0.05) is 38.7 Å². The van der Waals surface area contributed by atoms with Crippen molar-refractivity contribution < 1.29 is 18.7 Å². The topological polar surface area (TPSA) is 60.7 Å². The average Bonchev–Trinajstić information content (AvgIpc) is 3.30. The monoisotopic (exact) mass is 487 g/mol. The minimum Gasteiger partial charge on any atom is -0.497 e. The number of aryl methyl sites for hydroxylation is 1. The Morgan fingerprint density at radius 3 is 2.46 bits per heavy atom. The fourth-order valence-electron chi connectivity index (χ4n) is 4.06. The molecule has 0 aliphatic carbocycles. The van der Waals surface area contributed by atoms with Crippen molar-refractivity contribution in [1.29, 1.82) is 0 Å². The number of amides is 1. The molecule has 0 aliphatic heterocycles. The number of hydrogen-bond donors (Lipinski definition) is 1. The quantitative estimate of drug-likeness (QED) is 0.205. The van der Waals surface area contributed by atoms with E-state index >= 15 is 0 Å². The van der Waals surface area contributed by atoms with Gasteiger partial charge in [-0.25, -0.2) is 0 Å². The van der Waals surface area contributed by atoms with Gasteiger partial charge in [-0.05, 0) is 80.6 Å². The molecule has 180 valence electrons. The SMILES string of the molecule is CCOc1c(/C(C)=C/C(=O)Nc2ccc(SC)cc2)cc2c(-c3ccc(OC)cc3)coc2c1C. The number of anilines is 1. The third-order valence-corrected chi connectivity index (χ3v) is 6.61. The van der Waals surface area contributed by atoms with E-state index in [1.807, 2.05) is 81.6 Å². The average molecular weight is 488 g/mol. The number of benzene rings is 3. The van der Waals surface area contributed by atoms with Gasteiger partial charge in [-0.2, -0.15) is 0 Å². The molecular weight excluding hydrogens is 458 g/mol. The third-order valence-electron chi connectivity index (χ3n) is 5.86. The number of hydrogen-bond acceptors (Lipinski definition) is 5. The minimum absolute atomic E-state index is 0.192. The summed E-state index contributed by atoms with van der Waals surface area (Å²) in [5.74, 6) is 1.33. The zero-order valence-corrected chi connectivity index (χ0v) is 21.4. The molecule has 0 spiro atoms. The van der Waals surface area contributed by atoms with Crippen LogP contribution in [0.25, 0.3) is 27.7 Å². The third kappa shape index (κ3) is 5.23. The summed E-state index contributed by atoms with van der Waals surface area (Å²) in [6, 6.07) is 17.7. The Balaban J connectivity index is 1.73. The van der Waals surface area contributed by atoms with Gasteiger partial charge in [0.05, 0.1) is 20.0 Å². The van der Waals surface area contributed by atoms with Gasteiger partial charge in [-0.1, -0.05) is 12.1 Å². The normalized spacial score (nSPS) is 11.5. The first kappa shape index (κ1) is 24.5. The van der Waals surface area contributed by atoms with E-state index in [9.17, 15) is 4.79 Å². The number of carbonyl (C=O) groups is 1. The fourth-order valence-corrected chi connectivity index (χ4v) is 4.47. The maximum Gasteiger partial charge on any atom is 0.248 e. The van der Waals surface area contributed by atoms with Gasteiger partial charge in [0.15, 0.2) is 0 Å². The Bertz CT molecular complexity index is 1370. The number of methoxy groups -OCH3 is 1. The maximum atomic E-state index is 12.8. The second kappa shape index (κ2) is 10.7. The van der Waals surface area contributed by atoms with Crippen LogP contribution in [0.2, 0.25) is 0 Å². The highest BCUT2D eigenvalue weighted by molar-refractivity contribution is 7.98. The van der Waals surface area contributed by atoms with E-state index in [0.29, 0.717) is 6.61 Å². The predicted octanol–water partition coefficient (Wildman–Crippen LogP) is 7.58. The van der Waals surface area contributed by atoms with Gasteiger partial charge < -0.3 is 19.2 Å². The molecule has 1 heterocycles. The first-order valence-electron chi connectivity index (χ1n) is 11.4. The first-order chi connectivity index (χ1) is 16.9. The molecule has 35 heavy (non-hydrogen) atoms. The molecule has 0 saturated heterocycles. The highest BCUT2D eigenvalue weighted by atomic mass is 32.2. The molecule has 4 aromatic rings. The molecule has 0 unspecified atom stereocenters. The zero-order valence-electron chi connectivity index (χ0n) is 20.6. The summed E-state index contributed by atoms with van der Waals surface area (Å²) in [6.45, 7) is 6.36. The smallest absolute Gasteiger partial charge is 0.248 e.